The molecule has 5 aliphatic rings. The summed E-state index contributed by atoms with van der Waals surface area (Å²) in [4.78, 5) is 31.8. The SMILES string of the molecule is CN1CCN(C(=O)CC(=O)C(CCCCCCCO)[C@H]2C[C@]3(C)CCCC3C3CCC4=CCCCC4=C32)CC1. The van der Waals surface area contributed by atoms with Crippen LogP contribution in [-0.4, -0.2) is 66.4 Å². The molecule has 0 aromatic carbocycles. The van der Waals surface area contributed by atoms with Gasteiger partial charge in [-0.3, -0.25) is 9.59 Å². The van der Waals surface area contributed by atoms with Gasteiger partial charge < -0.3 is 14.9 Å². The van der Waals surface area contributed by atoms with Gasteiger partial charge in [0.05, 0.1) is 6.42 Å². The van der Waals surface area contributed by atoms with Crippen LogP contribution in [0.1, 0.15) is 110 Å². The Kier molecular flexibility index (Phi) is 9.70. The van der Waals surface area contributed by atoms with Crippen molar-refractivity contribution in [3.05, 3.63) is 22.8 Å². The van der Waals surface area contributed by atoms with Crippen LogP contribution < -0.4 is 0 Å². The summed E-state index contributed by atoms with van der Waals surface area (Å²) in [5.41, 5.74) is 5.27. The summed E-state index contributed by atoms with van der Waals surface area (Å²) in [6.07, 6.45) is 20.0. The summed E-state index contributed by atoms with van der Waals surface area (Å²) in [5.74, 6) is 1.99. The Morgan fingerprint density at radius 2 is 1.79 bits per heavy atom. The van der Waals surface area contributed by atoms with Gasteiger partial charge in [0, 0.05) is 38.7 Å². The Morgan fingerprint density at radius 1 is 1.03 bits per heavy atom. The predicted molar refractivity (Wildman–Crippen MR) is 157 cm³/mol. The minimum atomic E-state index is -0.0242. The van der Waals surface area contributed by atoms with E-state index in [4.69, 9.17) is 0 Å². The zero-order valence-electron chi connectivity index (χ0n) is 24.9. The third kappa shape index (κ3) is 6.40. The monoisotopic (exact) mass is 538 g/mol. The smallest absolute Gasteiger partial charge is 0.230 e. The number of likely N-dealkylation sites (N-methyl/N-ethyl adjacent to an activating group) is 1. The Bertz CT molecular complexity index is 946. The second-order valence-corrected chi connectivity index (χ2v) is 13.9. The van der Waals surface area contributed by atoms with Crippen LogP contribution in [0, 0.1) is 29.1 Å². The first-order valence-corrected chi connectivity index (χ1v) is 16.4. The van der Waals surface area contributed by atoms with Crippen molar-refractivity contribution in [2.24, 2.45) is 29.1 Å². The summed E-state index contributed by atoms with van der Waals surface area (Å²) in [7, 11) is 2.10. The number of aliphatic hydroxyl groups excluding tert-OH is 1. The molecule has 4 aliphatic carbocycles. The maximum absolute atomic E-state index is 14.2. The topological polar surface area (TPSA) is 60.9 Å². The lowest BCUT2D eigenvalue weighted by Crippen LogP contribution is -2.48. The average molecular weight is 539 g/mol. The molecule has 5 nitrogen and oxygen atoms in total. The Morgan fingerprint density at radius 3 is 2.59 bits per heavy atom. The number of nitrogens with zero attached hydrogens (tertiary/aromatic N) is 2. The van der Waals surface area contributed by atoms with E-state index in [9.17, 15) is 14.7 Å². The molecule has 0 aromatic heterocycles. The van der Waals surface area contributed by atoms with E-state index in [0.717, 1.165) is 77.0 Å². The Balaban J connectivity index is 1.41. The van der Waals surface area contributed by atoms with Crippen molar-refractivity contribution in [3.63, 3.8) is 0 Å². The number of amides is 1. The van der Waals surface area contributed by atoms with Crippen LogP contribution in [0.2, 0.25) is 0 Å². The highest BCUT2D eigenvalue weighted by atomic mass is 16.3. The van der Waals surface area contributed by atoms with Crippen LogP contribution in [-0.2, 0) is 9.59 Å². The molecule has 1 saturated heterocycles. The second-order valence-electron chi connectivity index (χ2n) is 13.9. The molecule has 0 bridgehead atoms. The van der Waals surface area contributed by atoms with E-state index in [2.05, 4.69) is 24.9 Å². The highest BCUT2D eigenvalue weighted by Crippen LogP contribution is 2.63. The molecule has 5 heteroatoms. The molecule has 1 N–H and O–H groups in total. The number of carbonyl (C=O) groups excluding carboxylic acids is 2. The van der Waals surface area contributed by atoms with Gasteiger partial charge in [-0.2, -0.15) is 0 Å². The molecule has 0 spiro atoms. The quantitative estimate of drug-likeness (QED) is 0.247. The van der Waals surface area contributed by atoms with Crippen molar-refractivity contribution < 1.29 is 14.7 Å². The van der Waals surface area contributed by atoms with Crippen LogP contribution in [0.5, 0.6) is 0 Å². The highest BCUT2D eigenvalue weighted by molar-refractivity contribution is 5.99. The number of hydrogen-bond donors (Lipinski definition) is 1. The molecule has 1 heterocycles. The lowest BCUT2D eigenvalue weighted by Gasteiger charge is -2.52. The summed E-state index contributed by atoms with van der Waals surface area (Å²) in [5, 5.41) is 9.17. The molecule has 2 saturated carbocycles. The van der Waals surface area contributed by atoms with Crippen LogP contribution >= 0.6 is 0 Å². The van der Waals surface area contributed by atoms with Gasteiger partial charge in [0.1, 0.15) is 5.78 Å². The van der Waals surface area contributed by atoms with Gasteiger partial charge in [0.2, 0.25) is 5.91 Å². The third-order valence-electron chi connectivity index (χ3n) is 11.4. The summed E-state index contributed by atoms with van der Waals surface area (Å²) < 4.78 is 0. The maximum atomic E-state index is 14.2. The fourth-order valence-corrected chi connectivity index (χ4v) is 9.24. The zero-order valence-corrected chi connectivity index (χ0v) is 24.9. The first-order valence-electron chi connectivity index (χ1n) is 16.4. The molecule has 1 amide bonds. The van der Waals surface area contributed by atoms with E-state index in [0.29, 0.717) is 17.3 Å². The van der Waals surface area contributed by atoms with Crippen molar-refractivity contribution in [1.29, 1.82) is 0 Å². The number of allylic oxidation sites excluding steroid dienone is 4. The first-order chi connectivity index (χ1) is 18.9. The molecule has 39 heavy (non-hydrogen) atoms. The van der Waals surface area contributed by atoms with Gasteiger partial charge in [0.25, 0.3) is 0 Å². The standard InChI is InChI=1S/C34H54N2O3/c1-34-17-10-14-30(34)28-16-15-25-11-7-8-12-26(25)33(28)29(24-34)27(13-6-4-3-5-9-22-37)31(38)23-32(39)36-20-18-35(2)19-21-36/h11,27-30,37H,3-10,12-24H2,1-2H3/t27?,28?,29-,30?,34+/m1/s1. The van der Waals surface area contributed by atoms with Crippen LogP contribution in [0.15, 0.2) is 22.8 Å². The van der Waals surface area contributed by atoms with Crippen LogP contribution in [0.25, 0.3) is 0 Å². The molecule has 5 atom stereocenters. The fourth-order valence-electron chi connectivity index (χ4n) is 9.24. The number of hydrogen-bond acceptors (Lipinski definition) is 4. The van der Waals surface area contributed by atoms with E-state index in [1.165, 1.54) is 51.4 Å². The minimum absolute atomic E-state index is 0.0242. The number of carbonyl (C=O) groups is 2. The third-order valence-corrected chi connectivity index (χ3v) is 11.4. The summed E-state index contributed by atoms with van der Waals surface area (Å²) in [6.45, 7) is 6.08. The van der Waals surface area contributed by atoms with Crippen molar-refractivity contribution in [2.45, 2.75) is 110 Å². The van der Waals surface area contributed by atoms with E-state index in [-0.39, 0.29) is 30.6 Å². The van der Waals surface area contributed by atoms with Crippen LogP contribution in [0.3, 0.4) is 0 Å². The van der Waals surface area contributed by atoms with E-state index in [1.54, 1.807) is 16.7 Å². The predicted octanol–water partition coefficient (Wildman–Crippen LogP) is 6.31. The van der Waals surface area contributed by atoms with Crippen molar-refractivity contribution in [3.8, 4) is 0 Å². The van der Waals surface area contributed by atoms with Crippen molar-refractivity contribution in [1.82, 2.24) is 9.80 Å². The molecule has 5 rings (SSSR count). The molecular formula is C34H54N2O3. The largest absolute Gasteiger partial charge is 0.396 e. The molecular weight excluding hydrogens is 484 g/mol. The van der Waals surface area contributed by atoms with E-state index < -0.39 is 0 Å². The van der Waals surface area contributed by atoms with E-state index in [1.807, 2.05) is 4.90 Å². The van der Waals surface area contributed by atoms with Crippen LogP contribution in [0.4, 0.5) is 0 Å². The summed E-state index contributed by atoms with van der Waals surface area (Å²) >= 11 is 0. The number of aliphatic hydroxyl groups is 1. The van der Waals surface area contributed by atoms with Gasteiger partial charge in [-0.15, -0.1) is 0 Å². The number of fused-ring (bicyclic) bond motifs is 4. The number of Topliss-reactive ketones (excluding diaryl/α,β-unsaturated/α-hetero) is 1. The van der Waals surface area contributed by atoms with Gasteiger partial charge >= 0.3 is 0 Å². The molecule has 3 unspecified atom stereocenters. The highest BCUT2D eigenvalue weighted by Gasteiger charge is 2.54. The Labute approximate surface area is 237 Å². The molecule has 0 radical (unpaired) electrons. The number of piperazine rings is 1. The molecule has 3 fully saturated rings. The number of unbranched alkanes of at least 4 members (excludes halogenated alkanes) is 4. The number of rotatable bonds is 11. The minimum Gasteiger partial charge on any atom is -0.396 e. The van der Waals surface area contributed by atoms with Gasteiger partial charge in [-0.25, -0.2) is 0 Å². The van der Waals surface area contributed by atoms with Crippen molar-refractivity contribution >= 4 is 11.7 Å². The molecule has 218 valence electrons. The van der Waals surface area contributed by atoms with Crippen molar-refractivity contribution in [2.75, 3.05) is 39.8 Å². The van der Waals surface area contributed by atoms with Gasteiger partial charge in [-0.05, 0) is 106 Å². The van der Waals surface area contributed by atoms with Gasteiger partial charge in [0.15, 0.2) is 0 Å². The Hall–Kier alpha value is -1.46. The zero-order chi connectivity index (χ0) is 27.4. The molecule has 0 aromatic rings. The average Bonchev–Trinajstić information content (AvgIpc) is 3.33. The van der Waals surface area contributed by atoms with E-state index >= 15 is 0 Å². The second kappa shape index (κ2) is 13.0. The fraction of sp³-hybridized carbons (Fsp3) is 0.824. The lowest BCUT2D eigenvalue weighted by atomic mass is 9.52. The molecule has 1 aliphatic heterocycles. The first kappa shape index (κ1) is 29.0. The summed E-state index contributed by atoms with van der Waals surface area (Å²) in [6, 6.07) is 0. The van der Waals surface area contributed by atoms with Gasteiger partial charge in [-0.1, -0.05) is 50.7 Å². The lowest BCUT2D eigenvalue weighted by molar-refractivity contribution is -0.138. The maximum Gasteiger partial charge on any atom is 0.230 e. The number of ketones is 1. The normalized spacial score (nSPS) is 31.8.